The van der Waals surface area contributed by atoms with Crippen LogP contribution < -0.4 is 10.4 Å². The molecule has 1 aliphatic heterocycles. The number of nitrogens with zero attached hydrogens (tertiary/aromatic N) is 4. The zero-order valence-corrected chi connectivity index (χ0v) is 16.5. The van der Waals surface area contributed by atoms with E-state index in [1.807, 2.05) is 31.2 Å². The monoisotopic (exact) mass is 388 g/mol. The minimum absolute atomic E-state index is 0.0482. The normalized spacial score (nSPS) is 15.6. The van der Waals surface area contributed by atoms with E-state index in [1.54, 1.807) is 11.6 Å². The highest BCUT2D eigenvalue weighted by Crippen LogP contribution is 2.25. The quantitative estimate of drug-likeness (QED) is 0.738. The van der Waals surface area contributed by atoms with E-state index < -0.39 is 5.97 Å². The summed E-state index contributed by atoms with van der Waals surface area (Å²) in [5.74, 6) is 1.05. The Morgan fingerprint density at radius 1 is 1.29 bits per heavy atom. The van der Waals surface area contributed by atoms with Gasteiger partial charge in [0.1, 0.15) is 11.6 Å². The van der Waals surface area contributed by atoms with Crippen molar-refractivity contribution in [3.05, 3.63) is 46.1 Å². The van der Waals surface area contributed by atoms with Crippen LogP contribution in [0.3, 0.4) is 0 Å². The van der Waals surface area contributed by atoms with Gasteiger partial charge in [-0.1, -0.05) is 18.2 Å². The number of likely N-dealkylation sites (tertiary alicyclic amines) is 1. The molecule has 0 saturated carbocycles. The summed E-state index contributed by atoms with van der Waals surface area (Å²) in [5.41, 5.74) is 0.958. The van der Waals surface area contributed by atoms with Crippen LogP contribution in [-0.2, 0) is 31.4 Å². The van der Waals surface area contributed by atoms with Crippen LogP contribution in [0, 0.1) is 5.92 Å². The first kappa shape index (κ1) is 20.1. The van der Waals surface area contributed by atoms with Gasteiger partial charge in [-0.25, -0.2) is 14.3 Å². The van der Waals surface area contributed by atoms with Crippen LogP contribution in [0.2, 0.25) is 0 Å². The number of benzene rings is 1. The molecule has 8 heteroatoms. The van der Waals surface area contributed by atoms with Crippen molar-refractivity contribution in [2.75, 3.05) is 19.7 Å². The van der Waals surface area contributed by atoms with Gasteiger partial charge in [0.05, 0.1) is 0 Å². The van der Waals surface area contributed by atoms with E-state index in [9.17, 15) is 9.59 Å². The number of para-hydroxylation sites is 1. The molecular weight excluding hydrogens is 360 g/mol. The second-order valence-corrected chi connectivity index (χ2v) is 7.28. The summed E-state index contributed by atoms with van der Waals surface area (Å²) in [6.45, 7) is 4.95. The van der Waals surface area contributed by atoms with Crippen molar-refractivity contribution < 1.29 is 14.6 Å². The molecule has 1 aromatic heterocycles. The van der Waals surface area contributed by atoms with Gasteiger partial charge in [0.25, 0.3) is 0 Å². The number of aliphatic carboxylic acids is 1. The molecule has 2 heterocycles. The summed E-state index contributed by atoms with van der Waals surface area (Å²) in [4.78, 5) is 25.2. The Kier molecular flexibility index (Phi) is 6.51. The number of aromatic nitrogens is 3. The molecule has 0 bridgehead atoms. The maximum absolute atomic E-state index is 12.1. The second-order valence-electron chi connectivity index (χ2n) is 7.28. The van der Waals surface area contributed by atoms with Gasteiger partial charge in [0, 0.05) is 32.1 Å². The molecule has 1 aromatic carbocycles. The van der Waals surface area contributed by atoms with Crippen LogP contribution in [0.1, 0.15) is 31.2 Å². The van der Waals surface area contributed by atoms with Crippen molar-refractivity contribution in [1.82, 2.24) is 19.2 Å². The molecule has 0 atom stereocenters. The molecule has 152 valence electrons. The molecule has 0 amide bonds. The first-order valence-electron chi connectivity index (χ1n) is 9.75. The first-order valence-corrected chi connectivity index (χ1v) is 9.75. The number of piperidine rings is 1. The molecule has 0 unspecified atom stereocenters. The molecule has 0 aliphatic carbocycles. The van der Waals surface area contributed by atoms with Gasteiger partial charge in [-0.05, 0) is 44.8 Å². The highest BCUT2D eigenvalue weighted by atomic mass is 16.5. The van der Waals surface area contributed by atoms with E-state index in [1.165, 1.54) is 4.68 Å². The van der Waals surface area contributed by atoms with Gasteiger partial charge in [-0.15, -0.1) is 0 Å². The van der Waals surface area contributed by atoms with Crippen molar-refractivity contribution in [2.45, 2.75) is 39.3 Å². The lowest BCUT2D eigenvalue weighted by Crippen LogP contribution is -2.34. The minimum Gasteiger partial charge on any atom is -0.482 e. The van der Waals surface area contributed by atoms with Crippen LogP contribution in [0.5, 0.6) is 5.75 Å². The molecule has 8 nitrogen and oxygen atoms in total. The topological polar surface area (TPSA) is 89.6 Å². The predicted molar refractivity (Wildman–Crippen MR) is 104 cm³/mol. The van der Waals surface area contributed by atoms with Crippen LogP contribution in [-0.4, -0.2) is 50.0 Å². The van der Waals surface area contributed by atoms with E-state index >= 15 is 0 Å². The van der Waals surface area contributed by atoms with Gasteiger partial charge >= 0.3 is 11.7 Å². The lowest BCUT2D eigenvalue weighted by molar-refractivity contribution is -0.139. The molecule has 1 saturated heterocycles. The highest BCUT2D eigenvalue weighted by Gasteiger charge is 2.23. The third-order valence-electron chi connectivity index (χ3n) is 5.30. The summed E-state index contributed by atoms with van der Waals surface area (Å²) in [6.07, 6.45) is 2.93. The molecule has 1 fully saturated rings. The van der Waals surface area contributed by atoms with Crippen molar-refractivity contribution >= 4 is 5.97 Å². The lowest BCUT2D eigenvalue weighted by atomic mass is 9.93. The number of hydrogen-bond donors (Lipinski definition) is 1. The zero-order valence-electron chi connectivity index (χ0n) is 16.5. The number of hydrogen-bond acceptors (Lipinski definition) is 5. The number of rotatable bonds is 8. The van der Waals surface area contributed by atoms with Gasteiger partial charge in [0.2, 0.25) is 0 Å². The van der Waals surface area contributed by atoms with Crippen molar-refractivity contribution in [2.24, 2.45) is 13.0 Å². The fourth-order valence-corrected chi connectivity index (χ4v) is 3.79. The number of carbonyl (C=O) groups is 1. The second kappa shape index (κ2) is 9.05. The van der Waals surface area contributed by atoms with Gasteiger partial charge in [0.15, 0.2) is 6.61 Å². The van der Waals surface area contributed by atoms with Gasteiger partial charge < -0.3 is 9.84 Å². The van der Waals surface area contributed by atoms with Crippen LogP contribution in [0.25, 0.3) is 0 Å². The largest absolute Gasteiger partial charge is 0.482 e. The van der Waals surface area contributed by atoms with E-state index in [0.29, 0.717) is 18.2 Å². The Labute approximate surface area is 164 Å². The minimum atomic E-state index is -0.976. The average molecular weight is 388 g/mol. The highest BCUT2D eigenvalue weighted by molar-refractivity contribution is 5.68. The van der Waals surface area contributed by atoms with Crippen LogP contribution >= 0.6 is 0 Å². The lowest BCUT2D eigenvalue weighted by Gasteiger charge is -2.32. The molecule has 1 aliphatic rings. The average Bonchev–Trinajstić information content (AvgIpc) is 2.95. The van der Waals surface area contributed by atoms with E-state index in [4.69, 9.17) is 9.84 Å². The SMILES string of the molecule is CCn1c(CC2CCN(Cc3ccccc3OCC(=O)O)CC2)nn(C)c1=O. The fraction of sp³-hybridized carbons (Fsp3) is 0.550. The molecule has 2 aromatic rings. The summed E-state index contributed by atoms with van der Waals surface area (Å²) < 4.78 is 8.58. The van der Waals surface area contributed by atoms with Crippen molar-refractivity contribution in [3.63, 3.8) is 0 Å². The third kappa shape index (κ3) is 4.81. The number of carboxylic acid groups (broad SMARTS) is 1. The Morgan fingerprint density at radius 3 is 2.68 bits per heavy atom. The van der Waals surface area contributed by atoms with Crippen LogP contribution in [0.15, 0.2) is 29.1 Å². The molecule has 3 rings (SSSR count). The molecular formula is C20H28N4O4. The Bertz CT molecular complexity index is 865. The fourth-order valence-electron chi connectivity index (χ4n) is 3.79. The van der Waals surface area contributed by atoms with Crippen molar-refractivity contribution in [3.8, 4) is 5.75 Å². The number of ether oxygens (including phenoxy) is 1. The Morgan fingerprint density at radius 2 is 2.00 bits per heavy atom. The molecule has 1 N–H and O–H groups in total. The predicted octanol–water partition coefficient (Wildman–Crippen LogP) is 1.52. The maximum Gasteiger partial charge on any atom is 0.345 e. The summed E-state index contributed by atoms with van der Waals surface area (Å²) >= 11 is 0. The Balaban J connectivity index is 1.56. The van der Waals surface area contributed by atoms with Gasteiger partial charge in [-0.2, -0.15) is 5.10 Å². The molecule has 28 heavy (non-hydrogen) atoms. The third-order valence-corrected chi connectivity index (χ3v) is 5.30. The standard InChI is InChI=1S/C20H28N4O4/c1-3-24-18(21-22(2)20(24)27)12-15-8-10-23(11-9-15)13-16-6-4-5-7-17(16)28-14-19(25)26/h4-7,15H,3,8-14H2,1-2H3,(H,25,26). The molecule has 0 spiro atoms. The number of carboxylic acids is 1. The Hall–Kier alpha value is -2.61. The zero-order chi connectivity index (χ0) is 20.1. The van der Waals surface area contributed by atoms with Crippen molar-refractivity contribution in [1.29, 1.82) is 0 Å². The first-order chi connectivity index (χ1) is 13.5. The van der Waals surface area contributed by atoms with E-state index in [-0.39, 0.29) is 12.3 Å². The maximum atomic E-state index is 12.1. The smallest absolute Gasteiger partial charge is 0.345 e. The van der Waals surface area contributed by atoms with E-state index in [0.717, 1.165) is 50.3 Å². The van der Waals surface area contributed by atoms with E-state index in [2.05, 4.69) is 10.00 Å². The number of aryl methyl sites for hydroxylation is 1. The summed E-state index contributed by atoms with van der Waals surface area (Å²) in [6, 6.07) is 7.60. The summed E-state index contributed by atoms with van der Waals surface area (Å²) in [5, 5.41) is 13.2. The van der Waals surface area contributed by atoms with Crippen LogP contribution in [0.4, 0.5) is 0 Å². The molecule has 0 radical (unpaired) electrons. The van der Waals surface area contributed by atoms with Gasteiger partial charge in [-0.3, -0.25) is 9.47 Å². The summed E-state index contributed by atoms with van der Waals surface area (Å²) in [7, 11) is 1.70.